The van der Waals surface area contributed by atoms with E-state index in [4.69, 9.17) is 4.84 Å². The highest BCUT2D eigenvalue weighted by atomic mass is 16.6. The Bertz CT molecular complexity index is 433. The molecule has 0 amide bonds. The summed E-state index contributed by atoms with van der Waals surface area (Å²) in [5.41, 5.74) is 4.35. The number of hydrogen-bond donors (Lipinski definition) is 2. The van der Waals surface area contributed by atoms with Gasteiger partial charge in [0.15, 0.2) is 0 Å². The van der Waals surface area contributed by atoms with Gasteiger partial charge in [0.2, 0.25) is 0 Å². The molecule has 142 valence electrons. The number of allylic oxidation sites excluding steroid dienone is 2. The van der Waals surface area contributed by atoms with Crippen molar-refractivity contribution in [2.24, 2.45) is 0 Å². The first-order chi connectivity index (χ1) is 12.3. The molecule has 3 heteroatoms. The van der Waals surface area contributed by atoms with Gasteiger partial charge in [-0.05, 0) is 44.1 Å². The molecule has 0 aliphatic heterocycles. The molecule has 0 bridgehead atoms. The lowest BCUT2D eigenvalue weighted by atomic mass is 10.0. The molecule has 0 aliphatic rings. The lowest BCUT2D eigenvalue weighted by molar-refractivity contribution is -0.0120. The topological polar surface area (TPSA) is 41.5 Å². The summed E-state index contributed by atoms with van der Waals surface area (Å²) in [4.78, 5) is 5.70. The maximum absolute atomic E-state index is 10.2. The van der Waals surface area contributed by atoms with Crippen LogP contribution in [0.25, 0.3) is 0 Å². The van der Waals surface area contributed by atoms with Gasteiger partial charge in [0, 0.05) is 6.04 Å². The smallest absolute Gasteiger partial charge is 0.0933 e. The maximum atomic E-state index is 10.2. The highest BCUT2D eigenvalue weighted by Gasteiger charge is 2.14. The Kier molecular flexibility index (Phi) is 13.2. The van der Waals surface area contributed by atoms with Crippen molar-refractivity contribution in [2.45, 2.75) is 90.4 Å². The first-order valence-corrected chi connectivity index (χ1v) is 10.0. The summed E-state index contributed by atoms with van der Waals surface area (Å²) in [5.74, 6) is 0. The second kappa shape index (κ2) is 15.1. The molecule has 0 radical (unpaired) electrons. The van der Waals surface area contributed by atoms with Crippen molar-refractivity contribution >= 4 is 0 Å². The number of aliphatic hydroxyl groups excluding tert-OH is 1. The van der Waals surface area contributed by atoms with E-state index < -0.39 is 0 Å². The summed E-state index contributed by atoms with van der Waals surface area (Å²) in [6, 6.07) is 10.4. The Hall–Kier alpha value is -1.16. The number of nitrogens with one attached hydrogen (secondary N) is 1. The Morgan fingerprint density at radius 2 is 1.76 bits per heavy atom. The molecule has 1 aromatic carbocycles. The third-order valence-electron chi connectivity index (χ3n) is 4.32. The number of rotatable bonds is 15. The fourth-order valence-corrected chi connectivity index (χ4v) is 2.81. The second-order valence-electron chi connectivity index (χ2n) is 6.81. The molecule has 0 fully saturated rings. The molecule has 0 unspecified atom stereocenters. The molecule has 2 atom stereocenters. The van der Waals surface area contributed by atoms with Crippen LogP contribution in [0.4, 0.5) is 0 Å². The Morgan fingerprint density at radius 3 is 2.48 bits per heavy atom. The minimum atomic E-state index is -0.242. The van der Waals surface area contributed by atoms with Crippen molar-refractivity contribution in [3.8, 4) is 0 Å². The monoisotopic (exact) mass is 347 g/mol. The van der Waals surface area contributed by atoms with Gasteiger partial charge in [0.25, 0.3) is 0 Å². The summed E-state index contributed by atoms with van der Waals surface area (Å²) < 4.78 is 0. The lowest BCUT2D eigenvalue weighted by Crippen LogP contribution is -2.33. The van der Waals surface area contributed by atoms with Gasteiger partial charge in [-0.15, -0.1) is 0 Å². The minimum absolute atomic E-state index is 0.204. The van der Waals surface area contributed by atoms with Crippen LogP contribution in [0.2, 0.25) is 0 Å². The highest BCUT2D eigenvalue weighted by Crippen LogP contribution is 2.13. The summed E-state index contributed by atoms with van der Waals surface area (Å²) in [5, 5.41) is 10.2. The SMILES string of the molecule is CCC/C=C/CCC[C@H](C[C@@H](O)CCCC)NOCc1ccccc1. The van der Waals surface area contributed by atoms with Crippen LogP contribution in [0.1, 0.15) is 77.2 Å². The zero-order valence-electron chi connectivity index (χ0n) is 16.1. The third-order valence-corrected chi connectivity index (χ3v) is 4.32. The first kappa shape index (κ1) is 21.9. The van der Waals surface area contributed by atoms with Crippen LogP contribution in [-0.2, 0) is 11.4 Å². The van der Waals surface area contributed by atoms with Gasteiger partial charge < -0.3 is 5.11 Å². The molecular formula is C22H37NO2. The van der Waals surface area contributed by atoms with Gasteiger partial charge in [-0.1, -0.05) is 75.6 Å². The van der Waals surface area contributed by atoms with Gasteiger partial charge in [0.1, 0.15) is 0 Å². The summed E-state index contributed by atoms with van der Waals surface area (Å²) in [6.45, 7) is 4.92. The number of benzene rings is 1. The molecule has 0 aromatic heterocycles. The van der Waals surface area contributed by atoms with E-state index in [2.05, 4.69) is 43.6 Å². The van der Waals surface area contributed by atoms with E-state index in [1.807, 2.05) is 18.2 Å². The zero-order valence-corrected chi connectivity index (χ0v) is 16.1. The number of aliphatic hydroxyl groups is 1. The van der Waals surface area contributed by atoms with Crippen LogP contribution in [0.5, 0.6) is 0 Å². The Morgan fingerprint density at radius 1 is 1.00 bits per heavy atom. The maximum Gasteiger partial charge on any atom is 0.0933 e. The van der Waals surface area contributed by atoms with Crippen LogP contribution in [0.15, 0.2) is 42.5 Å². The predicted molar refractivity (Wildman–Crippen MR) is 106 cm³/mol. The normalized spacial score (nSPS) is 14.0. The van der Waals surface area contributed by atoms with Crippen molar-refractivity contribution in [3.63, 3.8) is 0 Å². The van der Waals surface area contributed by atoms with Gasteiger partial charge in [-0.25, -0.2) is 0 Å². The molecule has 3 nitrogen and oxygen atoms in total. The predicted octanol–water partition coefficient (Wildman–Crippen LogP) is 5.54. The summed E-state index contributed by atoms with van der Waals surface area (Å²) in [7, 11) is 0. The van der Waals surface area contributed by atoms with Crippen molar-refractivity contribution in [1.82, 2.24) is 5.48 Å². The average Bonchev–Trinajstić information content (AvgIpc) is 2.63. The summed E-state index contributed by atoms with van der Waals surface area (Å²) in [6.07, 6.45) is 13.8. The third kappa shape index (κ3) is 11.9. The van der Waals surface area contributed by atoms with E-state index in [1.54, 1.807) is 0 Å². The van der Waals surface area contributed by atoms with E-state index in [-0.39, 0.29) is 12.1 Å². The van der Waals surface area contributed by atoms with E-state index in [1.165, 1.54) is 6.42 Å². The van der Waals surface area contributed by atoms with Gasteiger partial charge in [0.05, 0.1) is 12.7 Å². The van der Waals surface area contributed by atoms with Crippen LogP contribution in [0, 0.1) is 0 Å². The van der Waals surface area contributed by atoms with Crippen molar-refractivity contribution in [1.29, 1.82) is 0 Å². The fraction of sp³-hybridized carbons (Fsp3) is 0.636. The zero-order chi connectivity index (χ0) is 18.2. The molecule has 0 saturated heterocycles. The highest BCUT2D eigenvalue weighted by molar-refractivity contribution is 5.13. The largest absolute Gasteiger partial charge is 0.393 e. The lowest BCUT2D eigenvalue weighted by Gasteiger charge is -2.21. The van der Waals surface area contributed by atoms with Crippen LogP contribution in [-0.4, -0.2) is 17.3 Å². The quantitative estimate of drug-likeness (QED) is 0.248. The first-order valence-electron chi connectivity index (χ1n) is 10.0. The summed E-state index contributed by atoms with van der Waals surface area (Å²) >= 11 is 0. The molecule has 0 heterocycles. The van der Waals surface area contributed by atoms with Crippen LogP contribution < -0.4 is 5.48 Å². The van der Waals surface area contributed by atoms with E-state index in [0.717, 1.165) is 56.9 Å². The molecule has 2 N–H and O–H groups in total. The molecule has 25 heavy (non-hydrogen) atoms. The molecular weight excluding hydrogens is 310 g/mol. The van der Waals surface area contributed by atoms with E-state index in [9.17, 15) is 5.11 Å². The van der Waals surface area contributed by atoms with E-state index in [0.29, 0.717) is 6.61 Å². The molecule has 0 aliphatic carbocycles. The van der Waals surface area contributed by atoms with Gasteiger partial charge in [-0.2, -0.15) is 5.48 Å². The average molecular weight is 348 g/mol. The number of unbranched alkanes of at least 4 members (excludes halogenated alkanes) is 3. The van der Waals surface area contributed by atoms with Gasteiger partial charge in [-0.3, -0.25) is 4.84 Å². The standard InChI is InChI=1S/C22H37NO2/c1-3-5-7-8-9-13-16-21(18-22(24)17-6-4-2)23-25-19-20-14-11-10-12-15-20/h7-8,10-12,14-15,21-24H,3-6,9,13,16-19H2,1-2H3/b8-7+/t21-,22+/m1/s1. The fourth-order valence-electron chi connectivity index (χ4n) is 2.81. The second-order valence-corrected chi connectivity index (χ2v) is 6.81. The number of hydrogen-bond acceptors (Lipinski definition) is 3. The minimum Gasteiger partial charge on any atom is -0.393 e. The molecule has 1 rings (SSSR count). The molecule has 0 saturated carbocycles. The van der Waals surface area contributed by atoms with Gasteiger partial charge >= 0.3 is 0 Å². The van der Waals surface area contributed by atoms with E-state index >= 15 is 0 Å². The van der Waals surface area contributed by atoms with Crippen molar-refractivity contribution in [3.05, 3.63) is 48.0 Å². The molecule has 1 aromatic rings. The Balaban J connectivity index is 2.35. The van der Waals surface area contributed by atoms with Crippen LogP contribution >= 0.6 is 0 Å². The van der Waals surface area contributed by atoms with Crippen molar-refractivity contribution < 1.29 is 9.94 Å². The number of hydroxylamine groups is 1. The molecule has 0 spiro atoms. The Labute approximate surface area is 154 Å². The van der Waals surface area contributed by atoms with Crippen molar-refractivity contribution in [2.75, 3.05) is 0 Å². The van der Waals surface area contributed by atoms with Crippen LogP contribution in [0.3, 0.4) is 0 Å².